The van der Waals surface area contributed by atoms with Crippen molar-refractivity contribution < 1.29 is 9.47 Å². The lowest BCUT2D eigenvalue weighted by Crippen LogP contribution is -2.06. The third-order valence-electron chi connectivity index (χ3n) is 3.48. The molecule has 26 heavy (non-hydrogen) atoms. The van der Waals surface area contributed by atoms with Crippen molar-refractivity contribution in [1.29, 1.82) is 0 Å². The summed E-state index contributed by atoms with van der Waals surface area (Å²) in [6.07, 6.45) is 0. The van der Waals surface area contributed by atoms with Gasteiger partial charge in [0.05, 0.1) is 19.9 Å². The number of ether oxygens (including phenoxy) is 2. The Balaban J connectivity index is 1.86. The summed E-state index contributed by atoms with van der Waals surface area (Å²) < 4.78 is 10.6. The Morgan fingerprint density at radius 2 is 1.65 bits per heavy atom. The maximum Gasteiger partial charge on any atom is 0.232 e. The van der Waals surface area contributed by atoms with Crippen molar-refractivity contribution in [2.24, 2.45) is 0 Å². The van der Waals surface area contributed by atoms with Crippen LogP contribution >= 0.6 is 11.6 Å². The molecular weight excluding hydrogens is 354 g/mol. The summed E-state index contributed by atoms with van der Waals surface area (Å²) >= 11 is 6.01. The lowest BCUT2D eigenvalue weighted by molar-refractivity contribution is 0.395. The van der Waals surface area contributed by atoms with Gasteiger partial charge in [0.2, 0.25) is 11.9 Å². The second kappa shape index (κ2) is 7.88. The lowest BCUT2D eigenvalue weighted by Gasteiger charge is -2.12. The number of hydrogen-bond donors (Lipinski definition) is 2. The van der Waals surface area contributed by atoms with Crippen molar-refractivity contribution in [3.8, 4) is 11.5 Å². The van der Waals surface area contributed by atoms with Crippen molar-refractivity contribution in [1.82, 2.24) is 15.0 Å². The van der Waals surface area contributed by atoms with E-state index in [1.54, 1.807) is 39.3 Å². The summed E-state index contributed by atoms with van der Waals surface area (Å²) in [5, 5.41) is 6.89. The molecule has 0 unspecified atom stereocenters. The highest BCUT2D eigenvalue weighted by Crippen LogP contribution is 2.31. The van der Waals surface area contributed by atoms with Gasteiger partial charge < -0.3 is 20.1 Å². The molecule has 3 rings (SSSR count). The smallest absolute Gasteiger partial charge is 0.232 e. The number of rotatable bonds is 6. The van der Waals surface area contributed by atoms with Gasteiger partial charge in [-0.15, -0.1) is 0 Å². The fraction of sp³-hybridized carbons (Fsp3) is 0.167. The first kappa shape index (κ1) is 17.8. The molecule has 0 saturated heterocycles. The van der Waals surface area contributed by atoms with Gasteiger partial charge in [-0.25, -0.2) is 0 Å². The third kappa shape index (κ3) is 4.31. The summed E-state index contributed by atoms with van der Waals surface area (Å²) in [5.41, 5.74) is 1.50. The van der Waals surface area contributed by atoms with Crippen molar-refractivity contribution in [3.63, 3.8) is 0 Å². The molecule has 0 saturated carbocycles. The van der Waals surface area contributed by atoms with E-state index in [-0.39, 0.29) is 0 Å². The monoisotopic (exact) mass is 371 g/mol. The topological polar surface area (TPSA) is 81.2 Å². The number of hydrogen-bond acceptors (Lipinski definition) is 7. The Kier molecular flexibility index (Phi) is 5.38. The van der Waals surface area contributed by atoms with Crippen LogP contribution in [-0.2, 0) is 0 Å². The van der Waals surface area contributed by atoms with Gasteiger partial charge in [-0.1, -0.05) is 17.7 Å². The zero-order valence-electron chi connectivity index (χ0n) is 14.6. The minimum Gasteiger partial charge on any atom is -0.497 e. The SMILES string of the molecule is COc1ccc(Nc2nc(C)nc(Nc3cccc(Cl)c3)n2)c(OC)c1. The second-order valence-corrected chi connectivity index (χ2v) is 5.79. The average Bonchev–Trinajstić information content (AvgIpc) is 2.61. The predicted molar refractivity (Wildman–Crippen MR) is 102 cm³/mol. The molecule has 1 aromatic heterocycles. The maximum absolute atomic E-state index is 6.01. The van der Waals surface area contributed by atoms with Gasteiger partial charge >= 0.3 is 0 Å². The van der Waals surface area contributed by atoms with Gasteiger partial charge in [0.15, 0.2) is 0 Å². The molecule has 0 fully saturated rings. The van der Waals surface area contributed by atoms with Crippen LogP contribution in [0.1, 0.15) is 5.82 Å². The standard InChI is InChI=1S/C18H18ClN5O2/c1-11-20-17(22-13-6-4-5-12(19)9-13)24-18(21-11)23-15-8-7-14(25-2)10-16(15)26-3/h4-10H,1-3H3,(H2,20,21,22,23,24). The van der Waals surface area contributed by atoms with Crippen LogP contribution in [0, 0.1) is 6.92 Å². The van der Waals surface area contributed by atoms with Crippen LogP contribution in [0.5, 0.6) is 11.5 Å². The second-order valence-electron chi connectivity index (χ2n) is 5.36. The minimum absolute atomic E-state index is 0.394. The van der Waals surface area contributed by atoms with E-state index in [1.807, 2.05) is 24.3 Å². The van der Waals surface area contributed by atoms with Gasteiger partial charge in [0, 0.05) is 16.8 Å². The highest BCUT2D eigenvalue weighted by molar-refractivity contribution is 6.30. The first-order valence-corrected chi connectivity index (χ1v) is 8.19. The van der Waals surface area contributed by atoms with Gasteiger partial charge in [-0.2, -0.15) is 15.0 Å². The molecule has 0 aliphatic rings. The summed E-state index contributed by atoms with van der Waals surface area (Å²) in [4.78, 5) is 13.0. The first-order valence-electron chi connectivity index (χ1n) is 7.81. The summed E-state index contributed by atoms with van der Waals surface area (Å²) in [5.74, 6) is 2.69. The Bertz CT molecular complexity index is 920. The molecule has 1 heterocycles. The predicted octanol–water partition coefficient (Wildman–Crippen LogP) is 4.34. The van der Waals surface area contributed by atoms with E-state index < -0.39 is 0 Å². The van der Waals surface area contributed by atoms with Crippen LogP contribution in [0.15, 0.2) is 42.5 Å². The molecule has 0 bridgehead atoms. The van der Waals surface area contributed by atoms with Crippen LogP contribution < -0.4 is 20.1 Å². The highest BCUT2D eigenvalue weighted by Gasteiger charge is 2.09. The summed E-state index contributed by atoms with van der Waals surface area (Å²) in [6, 6.07) is 12.8. The van der Waals surface area contributed by atoms with Gasteiger partial charge in [-0.3, -0.25) is 0 Å². The molecule has 7 nitrogen and oxygen atoms in total. The Morgan fingerprint density at radius 1 is 0.885 bits per heavy atom. The molecule has 0 atom stereocenters. The van der Waals surface area contributed by atoms with Crippen LogP contribution in [0.25, 0.3) is 0 Å². The molecule has 2 N–H and O–H groups in total. The maximum atomic E-state index is 6.01. The van der Waals surface area contributed by atoms with Gasteiger partial charge in [-0.05, 0) is 37.3 Å². The number of aromatic nitrogens is 3. The molecule has 2 aromatic carbocycles. The molecule has 0 aliphatic carbocycles. The molecule has 8 heteroatoms. The molecule has 0 aliphatic heterocycles. The highest BCUT2D eigenvalue weighted by atomic mass is 35.5. The average molecular weight is 372 g/mol. The van der Waals surface area contributed by atoms with Crippen molar-refractivity contribution in [2.45, 2.75) is 6.92 Å². The normalized spacial score (nSPS) is 10.3. The Morgan fingerprint density at radius 3 is 2.35 bits per heavy atom. The summed E-state index contributed by atoms with van der Waals surface area (Å²) in [7, 11) is 3.19. The number of aryl methyl sites for hydroxylation is 1. The van der Waals surface area contributed by atoms with Crippen LogP contribution in [-0.4, -0.2) is 29.2 Å². The zero-order chi connectivity index (χ0) is 18.5. The van der Waals surface area contributed by atoms with Crippen LogP contribution in [0.3, 0.4) is 0 Å². The largest absolute Gasteiger partial charge is 0.497 e. The van der Waals surface area contributed by atoms with Crippen molar-refractivity contribution in [2.75, 3.05) is 24.9 Å². The van der Waals surface area contributed by atoms with E-state index in [4.69, 9.17) is 21.1 Å². The van der Waals surface area contributed by atoms with E-state index in [0.29, 0.717) is 39.9 Å². The molecule has 134 valence electrons. The number of nitrogens with zero attached hydrogens (tertiary/aromatic N) is 3. The van der Waals surface area contributed by atoms with Crippen LogP contribution in [0.4, 0.5) is 23.3 Å². The molecular formula is C18H18ClN5O2. The molecule has 0 radical (unpaired) electrons. The number of benzene rings is 2. The Labute approximate surface area is 156 Å². The van der Waals surface area contributed by atoms with Crippen molar-refractivity contribution >= 4 is 34.9 Å². The third-order valence-corrected chi connectivity index (χ3v) is 3.72. The quantitative estimate of drug-likeness (QED) is 0.667. The van der Waals surface area contributed by atoms with Crippen molar-refractivity contribution in [3.05, 3.63) is 53.3 Å². The van der Waals surface area contributed by atoms with E-state index >= 15 is 0 Å². The molecule has 3 aromatic rings. The van der Waals surface area contributed by atoms with E-state index in [9.17, 15) is 0 Å². The molecule has 0 amide bonds. The number of methoxy groups -OCH3 is 2. The number of halogens is 1. The van der Waals surface area contributed by atoms with Crippen LogP contribution in [0.2, 0.25) is 5.02 Å². The van der Waals surface area contributed by atoms with E-state index in [1.165, 1.54) is 0 Å². The molecule has 0 spiro atoms. The zero-order valence-corrected chi connectivity index (χ0v) is 15.3. The van der Waals surface area contributed by atoms with E-state index in [0.717, 1.165) is 5.69 Å². The van der Waals surface area contributed by atoms with Gasteiger partial charge in [0.1, 0.15) is 17.3 Å². The Hall–Kier alpha value is -3.06. The van der Waals surface area contributed by atoms with E-state index in [2.05, 4.69) is 25.6 Å². The first-order chi connectivity index (χ1) is 12.6. The fourth-order valence-corrected chi connectivity index (χ4v) is 2.50. The van der Waals surface area contributed by atoms with Gasteiger partial charge in [0.25, 0.3) is 0 Å². The number of anilines is 4. The summed E-state index contributed by atoms with van der Waals surface area (Å²) in [6.45, 7) is 1.79. The lowest BCUT2D eigenvalue weighted by atomic mass is 10.2. The fourth-order valence-electron chi connectivity index (χ4n) is 2.31. The minimum atomic E-state index is 0.394. The number of nitrogens with one attached hydrogen (secondary N) is 2.